The Kier molecular flexibility index (Phi) is 8.52. The molecule has 1 fully saturated rings. The summed E-state index contributed by atoms with van der Waals surface area (Å²) >= 11 is 0. The maximum atomic E-state index is 5.88. The van der Waals surface area contributed by atoms with Crippen LogP contribution in [0.15, 0.2) is 0 Å². The van der Waals surface area contributed by atoms with E-state index >= 15 is 0 Å². The number of nitrogens with two attached hydrogens (primary N) is 2. The van der Waals surface area contributed by atoms with E-state index in [4.69, 9.17) is 11.5 Å². The molecule has 0 radical (unpaired) electrons. The first-order valence-corrected chi connectivity index (χ1v) is 7.43. The van der Waals surface area contributed by atoms with E-state index in [0.29, 0.717) is 12.5 Å². The van der Waals surface area contributed by atoms with Crippen LogP contribution in [0.2, 0.25) is 0 Å². The third-order valence-electron chi connectivity index (χ3n) is 3.75. The summed E-state index contributed by atoms with van der Waals surface area (Å²) in [7, 11) is 0. The molecule has 1 rings (SSSR count). The van der Waals surface area contributed by atoms with Gasteiger partial charge in [0.05, 0.1) is 0 Å². The molecule has 8 N–H and O–H groups in total. The van der Waals surface area contributed by atoms with Crippen molar-refractivity contribution in [1.82, 2.24) is 21.3 Å². The highest BCUT2D eigenvalue weighted by atomic mass is 15.0. The Labute approximate surface area is 117 Å². The maximum absolute atomic E-state index is 5.88. The van der Waals surface area contributed by atoms with Gasteiger partial charge in [0, 0.05) is 64.3 Å². The summed E-state index contributed by atoms with van der Waals surface area (Å²) in [6.45, 7) is 11.4. The molecule has 6 heteroatoms. The lowest BCUT2D eigenvalue weighted by molar-refractivity contribution is 0.295. The van der Waals surface area contributed by atoms with Crippen LogP contribution in [0.1, 0.15) is 6.92 Å². The first-order chi connectivity index (χ1) is 9.20. The zero-order valence-electron chi connectivity index (χ0n) is 12.3. The van der Waals surface area contributed by atoms with E-state index in [-0.39, 0.29) is 5.41 Å². The summed E-state index contributed by atoms with van der Waals surface area (Å²) in [6.07, 6.45) is 0. The molecule has 1 saturated heterocycles. The van der Waals surface area contributed by atoms with E-state index in [0.717, 1.165) is 58.9 Å². The molecular formula is C13H32N6. The number of hydrogen-bond donors (Lipinski definition) is 6. The smallest absolute Gasteiger partial charge is 0.00769 e. The van der Waals surface area contributed by atoms with Gasteiger partial charge in [-0.3, -0.25) is 0 Å². The first-order valence-electron chi connectivity index (χ1n) is 7.43. The van der Waals surface area contributed by atoms with Crippen molar-refractivity contribution in [3.8, 4) is 0 Å². The summed E-state index contributed by atoms with van der Waals surface area (Å²) in [5.74, 6) is 0.511. The van der Waals surface area contributed by atoms with Crippen molar-refractivity contribution in [2.75, 3.05) is 65.4 Å². The van der Waals surface area contributed by atoms with E-state index in [1.54, 1.807) is 0 Å². The lowest BCUT2D eigenvalue weighted by atomic mass is 9.90. The Hall–Kier alpha value is -0.240. The van der Waals surface area contributed by atoms with Gasteiger partial charge in [-0.05, 0) is 12.5 Å². The normalized spacial score (nSPS) is 32.7. The Morgan fingerprint density at radius 3 is 1.79 bits per heavy atom. The van der Waals surface area contributed by atoms with Gasteiger partial charge in [-0.1, -0.05) is 6.92 Å². The molecule has 0 spiro atoms. The van der Waals surface area contributed by atoms with Crippen molar-refractivity contribution in [3.05, 3.63) is 0 Å². The van der Waals surface area contributed by atoms with Crippen molar-refractivity contribution in [1.29, 1.82) is 0 Å². The van der Waals surface area contributed by atoms with Crippen molar-refractivity contribution >= 4 is 0 Å². The molecule has 0 aliphatic carbocycles. The average molecular weight is 272 g/mol. The fourth-order valence-electron chi connectivity index (χ4n) is 2.19. The molecule has 0 bridgehead atoms. The van der Waals surface area contributed by atoms with Crippen LogP contribution in [0, 0.1) is 11.3 Å². The predicted octanol–water partition coefficient (Wildman–Crippen LogP) is -2.10. The van der Waals surface area contributed by atoms with Gasteiger partial charge >= 0.3 is 0 Å². The Bertz CT molecular complexity index is 207. The van der Waals surface area contributed by atoms with Crippen LogP contribution in [0.5, 0.6) is 0 Å². The van der Waals surface area contributed by atoms with E-state index in [9.17, 15) is 0 Å². The summed E-state index contributed by atoms with van der Waals surface area (Å²) in [5.41, 5.74) is 11.8. The SMILES string of the molecule is CC1(CN)CNCCNCC(CN)CNCCNC1. The van der Waals surface area contributed by atoms with Crippen molar-refractivity contribution in [3.63, 3.8) is 0 Å². The molecular weight excluding hydrogens is 240 g/mol. The molecule has 0 aromatic heterocycles. The highest BCUT2D eigenvalue weighted by Gasteiger charge is 2.21. The molecule has 0 saturated carbocycles. The second-order valence-electron chi connectivity index (χ2n) is 5.88. The lowest BCUT2D eigenvalue weighted by Crippen LogP contribution is -2.48. The lowest BCUT2D eigenvalue weighted by Gasteiger charge is -2.29. The minimum absolute atomic E-state index is 0.129. The largest absolute Gasteiger partial charge is 0.330 e. The van der Waals surface area contributed by atoms with Gasteiger partial charge in [-0.25, -0.2) is 0 Å². The summed E-state index contributed by atoms with van der Waals surface area (Å²) in [4.78, 5) is 0. The first kappa shape index (κ1) is 16.8. The van der Waals surface area contributed by atoms with Crippen LogP contribution < -0.4 is 32.7 Å². The number of hydrogen-bond acceptors (Lipinski definition) is 6. The van der Waals surface area contributed by atoms with Gasteiger partial charge in [-0.2, -0.15) is 0 Å². The number of rotatable bonds is 2. The molecule has 1 heterocycles. The zero-order chi connectivity index (χ0) is 14.0. The van der Waals surface area contributed by atoms with Crippen molar-refractivity contribution < 1.29 is 0 Å². The van der Waals surface area contributed by atoms with E-state index in [2.05, 4.69) is 28.2 Å². The zero-order valence-corrected chi connectivity index (χ0v) is 12.3. The standard InChI is InChI=1S/C13H32N6/c1-13(9-15)10-18-4-2-16-7-12(6-14)8-17-3-5-19-11-13/h12,16-19H,2-11,14-15H2,1H3. The quantitative estimate of drug-likeness (QED) is 0.344. The summed E-state index contributed by atoms with van der Waals surface area (Å²) in [6, 6.07) is 0. The minimum atomic E-state index is 0.129. The van der Waals surface area contributed by atoms with Gasteiger partial charge in [0.25, 0.3) is 0 Å². The van der Waals surface area contributed by atoms with E-state index < -0.39 is 0 Å². The molecule has 114 valence electrons. The van der Waals surface area contributed by atoms with Gasteiger partial charge in [0.15, 0.2) is 0 Å². The van der Waals surface area contributed by atoms with Crippen LogP contribution in [-0.4, -0.2) is 65.4 Å². The number of nitrogens with one attached hydrogen (secondary N) is 4. The highest BCUT2D eigenvalue weighted by Crippen LogP contribution is 2.10. The average Bonchev–Trinajstić information content (AvgIpc) is 2.43. The highest BCUT2D eigenvalue weighted by molar-refractivity contribution is 4.81. The van der Waals surface area contributed by atoms with Gasteiger partial charge in [0.1, 0.15) is 0 Å². The molecule has 6 nitrogen and oxygen atoms in total. The molecule has 0 aromatic rings. The Balaban J connectivity index is 2.37. The topological polar surface area (TPSA) is 100 Å². The Morgan fingerprint density at radius 2 is 1.37 bits per heavy atom. The fraction of sp³-hybridized carbons (Fsp3) is 1.00. The third-order valence-corrected chi connectivity index (χ3v) is 3.75. The Morgan fingerprint density at radius 1 is 0.895 bits per heavy atom. The van der Waals surface area contributed by atoms with Crippen LogP contribution in [0.4, 0.5) is 0 Å². The second-order valence-corrected chi connectivity index (χ2v) is 5.88. The van der Waals surface area contributed by atoms with Crippen LogP contribution in [0.3, 0.4) is 0 Å². The van der Waals surface area contributed by atoms with Gasteiger partial charge in [0.2, 0.25) is 0 Å². The van der Waals surface area contributed by atoms with Gasteiger partial charge < -0.3 is 32.7 Å². The second kappa shape index (κ2) is 9.63. The van der Waals surface area contributed by atoms with Crippen LogP contribution in [-0.2, 0) is 0 Å². The van der Waals surface area contributed by atoms with E-state index in [1.165, 1.54) is 0 Å². The monoisotopic (exact) mass is 272 g/mol. The van der Waals surface area contributed by atoms with Gasteiger partial charge in [-0.15, -0.1) is 0 Å². The molecule has 0 amide bonds. The van der Waals surface area contributed by atoms with Crippen molar-refractivity contribution in [2.24, 2.45) is 22.8 Å². The molecule has 0 aromatic carbocycles. The fourth-order valence-corrected chi connectivity index (χ4v) is 2.19. The third kappa shape index (κ3) is 7.20. The van der Waals surface area contributed by atoms with Crippen molar-refractivity contribution in [2.45, 2.75) is 6.92 Å². The van der Waals surface area contributed by atoms with Crippen LogP contribution >= 0.6 is 0 Å². The molecule has 1 aliphatic heterocycles. The molecule has 1 aliphatic rings. The molecule has 0 unspecified atom stereocenters. The maximum Gasteiger partial charge on any atom is 0.00769 e. The molecule has 0 atom stereocenters. The van der Waals surface area contributed by atoms with Crippen LogP contribution in [0.25, 0.3) is 0 Å². The minimum Gasteiger partial charge on any atom is -0.330 e. The summed E-state index contributed by atoms with van der Waals surface area (Å²) in [5, 5.41) is 13.9. The predicted molar refractivity (Wildman–Crippen MR) is 81.2 cm³/mol. The molecule has 19 heavy (non-hydrogen) atoms. The van der Waals surface area contributed by atoms with E-state index in [1.807, 2.05) is 0 Å². The summed E-state index contributed by atoms with van der Waals surface area (Å²) < 4.78 is 0.